The Morgan fingerprint density at radius 2 is 1.73 bits per heavy atom. The van der Waals surface area contributed by atoms with E-state index in [0.717, 1.165) is 50.4 Å². The van der Waals surface area contributed by atoms with Crippen LogP contribution >= 0.6 is 11.3 Å². The largest absolute Gasteiger partial charge is 0.358 e. The molecule has 4 rings (SSSR count). The van der Waals surface area contributed by atoms with E-state index in [1.165, 1.54) is 37.0 Å². The van der Waals surface area contributed by atoms with Gasteiger partial charge < -0.3 is 10.2 Å². The Balaban J connectivity index is 1.39. The minimum atomic E-state index is -0.471. The fraction of sp³-hybridized carbons (Fsp3) is 0.750. The van der Waals surface area contributed by atoms with Crippen LogP contribution in [0.15, 0.2) is 11.4 Å². The molecular weight excluding hydrogens is 394 g/mol. The highest BCUT2D eigenvalue weighted by molar-refractivity contribution is 7.10. The molecular formula is C24H37N3O2S. The van der Waals surface area contributed by atoms with Crippen LogP contribution in [0.25, 0.3) is 0 Å². The molecule has 2 unspecified atom stereocenters. The molecule has 0 bridgehead atoms. The standard InChI is InChI=1S/C24H37N3O2S/c1-24(2,23(29)25-3)26-13-10-18(11-14-26)21-15-19(16-30-21)22(28)27-12-6-8-17-7-4-5-9-20(17)27/h15-18,20H,4-14H2,1-3H3,(H,25,29). The molecule has 1 aliphatic carbocycles. The highest BCUT2D eigenvalue weighted by Crippen LogP contribution is 2.38. The summed E-state index contributed by atoms with van der Waals surface area (Å²) in [7, 11) is 1.71. The number of carbonyl (C=O) groups is 2. The second kappa shape index (κ2) is 8.99. The van der Waals surface area contributed by atoms with Gasteiger partial charge in [-0.2, -0.15) is 0 Å². The van der Waals surface area contributed by atoms with Crippen molar-refractivity contribution in [3.63, 3.8) is 0 Å². The number of hydrogen-bond donors (Lipinski definition) is 1. The Bertz CT molecular complexity index is 764. The quantitative estimate of drug-likeness (QED) is 0.775. The summed E-state index contributed by atoms with van der Waals surface area (Å²) in [5.74, 6) is 1.56. The molecule has 0 aromatic carbocycles. The van der Waals surface area contributed by atoms with E-state index >= 15 is 0 Å². The molecule has 3 heterocycles. The summed E-state index contributed by atoms with van der Waals surface area (Å²) in [4.78, 5) is 31.4. The van der Waals surface area contributed by atoms with Crippen LogP contribution in [0.5, 0.6) is 0 Å². The minimum Gasteiger partial charge on any atom is -0.358 e. The molecule has 3 fully saturated rings. The smallest absolute Gasteiger partial charge is 0.254 e. The molecule has 30 heavy (non-hydrogen) atoms. The van der Waals surface area contributed by atoms with Gasteiger partial charge in [0.05, 0.1) is 11.1 Å². The third-order valence-corrected chi connectivity index (χ3v) is 8.94. The van der Waals surface area contributed by atoms with Gasteiger partial charge in [0.2, 0.25) is 5.91 Å². The van der Waals surface area contributed by atoms with Gasteiger partial charge in [0.15, 0.2) is 0 Å². The van der Waals surface area contributed by atoms with Crippen LogP contribution in [0.3, 0.4) is 0 Å². The molecule has 2 saturated heterocycles. The van der Waals surface area contributed by atoms with E-state index in [2.05, 4.69) is 26.6 Å². The van der Waals surface area contributed by atoms with Gasteiger partial charge in [0.25, 0.3) is 5.91 Å². The molecule has 1 aromatic rings. The zero-order chi connectivity index (χ0) is 21.3. The summed E-state index contributed by atoms with van der Waals surface area (Å²) in [6.45, 7) is 6.78. The molecule has 2 aliphatic heterocycles. The predicted octanol–water partition coefficient (Wildman–Crippen LogP) is 4.25. The lowest BCUT2D eigenvalue weighted by molar-refractivity contribution is -0.131. The van der Waals surface area contributed by atoms with Gasteiger partial charge in [-0.05, 0) is 83.4 Å². The first kappa shape index (κ1) is 21.8. The Hall–Kier alpha value is -1.40. The van der Waals surface area contributed by atoms with E-state index in [0.29, 0.717) is 12.0 Å². The number of piperidine rings is 2. The summed E-state index contributed by atoms with van der Waals surface area (Å²) in [5.41, 5.74) is 0.426. The van der Waals surface area contributed by atoms with Crippen LogP contribution in [0.2, 0.25) is 0 Å². The highest BCUT2D eigenvalue weighted by atomic mass is 32.1. The fourth-order valence-corrected chi connectivity index (χ4v) is 6.95. The van der Waals surface area contributed by atoms with Gasteiger partial charge in [-0.1, -0.05) is 12.8 Å². The average molecular weight is 432 g/mol. The third-order valence-electron chi connectivity index (χ3n) is 7.84. The van der Waals surface area contributed by atoms with Gasteiger partial charge in [-0.25, -0.2) is 0 Å². The van der Waals surface area contributed by atoms with Crippen LogP contribution in [-0.4, -0.2) is 59.9 Å². The maximum absolute atomic E-state index is 13.3. The minimum absolute atomic E-state index is 0.0764. The van der Waals surface area contributed by atoms with Gasteiger partial charge in [0.1, 0.15) is 0 Å². The number of carbonyl (C=O) groups excluding carboxylic acids is 2. The van der Waals surface area contributed by atoms with Gasteiger partial charge in [-0.3, -0.25) is 14.5 Å². The normalized spacial score (nSPS) is 26.3. The summed E-state index contributed by atoms with van der Waals surface area (Å²) < 4.78 is 0. The van der Waals surface area contributed by atoms with Crippen LogP contribution in [0.4, 0.5) is 0 Å². The van der Waals surface area contributed by atoms with E-state index in [4.69, 9.17) is 0 Å². The molecule has 3 aliphatic rings. The molecule has 1 N–H and O–H groups in total. The number of likely N-dealkylation sites (N-methyl/N-ethyl adjacent to an activating group) is 1. The summed E-state index contributed by atoms with van der Waals surface area (Å²) in [6.07, 6.45) is 9.64. The molecule has 0 spiro atoms. The molecule has 2 atom stereocenters. The summed E-state index contributed by atoms with van der Waals surface area (Å²) >= 11 is 1.75. The van der Waals surface area contributed by atoms with Crippen LogP contribution < -0.4 is 5.32 Å². The van der Waals surface area contributed by atoms with Crippen LogP contribution in [0, 0.1) is 5.92 Å². The molecule has 166 valence electrons. The molecule has 5 nitrogen and oxygen atoms in total. The van der Waals surface area contributed by atoms with Crippen LogP contribution in [0.1, 0.15) is 86.4 Å². The number of nitrogens with zero attached hydrogens (tertiary/aromatic N) is 2. The zero-order valence-electron chi connectivity index (χ0n) is 18.8. The second-order valence-electron chi connectivity index (χ2n) is 9.89. The van der Waals surface area contributed by atoms with Gasteiger partial charge in [-0.15, -0.1) is 11.3 Å². The number of hydrogen-bond acceptors (Lipinski definition) is 4. The van der Waals surface area contributed by atoms with Crippen LogP contribution in [-0.2, 0) is 4.79 Å². The molecule has 0 radical (unpaired) electrons. The zero-order valence-corrected chi connectivity index (χ0v) is 19.6. The molecule has 1 aromatic heterocycles. The topological polar surface area (TPSA) is 52.7 Å². The third kappa shape index (κ3) is 4.18. The Morgan fingerprint density at radius 3 is 2.47 bits per heavy atom. The van der Waals surface area contributed by atoms with E-state index in [9.17, 15) is 9.59 Å². The Morgan fingerprint density at radius 1 is 1.03 bits per heavy atom. The first-order chi connectivity index (χ1) is 14.4. The van der Waals surface area contributed by atoms with Gasteiger partial charge >= 0.3 is 0 Å². The van der Waals surface area contributed by atoms with E-state index in [1.54, 1.807) is 18.4 Å². The molecule has 1 saturated carbocycles. The first-order valence-electron chi connectivity index (χ1n) is 11.8. The van der Waals surface area contributed by atoms with Crippen molar-refractivity contribution < 1.29 is 9.59 Å². The van der Waals surface area contributed by atoms with Crippen molar-refractivity contribution in [3.05, 3.63) is 21.9 Å². The van der Waals surface area contributed by atoms with Crippen molar-refractivity contribution in [1.29, 1.82) is 0 Å². The Labute approximate surface area is 185 Å². The fourth-order valence-electron chi connectivity index (χ4n) is 5.89. The lowest BCUT2D eigenvalue weighted by Gasteiger charge is -2.44. The lowest BCUT2D eigenvalue weighted by Crippen LogP contribution is -2.56. The van der Waals surface area contributed by atoms with Crippen molar-refractivity contribution >= 4 is 23.2 Å². The lowest BCUT2D eigenvalue weighted by atomic mass is 9.78. The van der Waals surface area contributed by atoms with Crippen molar-refractivity contribution in [3.8, 4) is 0 Å². The molecule has 2 amide bonds. The highest BCUT2D eigenvalue weighted by Gasteiger charge is 2.38. The predicted molar refractivity (Wildman–Crippen MR) is 122 cm³/mol. The SMILES string of the molecule is CNC(=O)C(C)(C)N1CCC(c2cc(C(=O)N3CCCC4CCCCC43)cs2)CC1. The van der Waals surface area contributed by atoms with E-state index in [1.807, 2.05) is 13.8 Å². The van der Waals surface area contributed by atoms with E-state index < -0.39 is 5.54 Å². The number of thiophene rings is 1. The monoisotopic (exact) mass is 431 g/mol. The number of fused-ring (bicyclic) bond motifs is 1. The first-order valence-corrected chi connectivity index (χ1v) is 12.7. The van der Waals surface area contributed by atoms with E-state index in [-0.39, 0.29) is 11.8 Å². The number of likely N-dealkylation sites (tertiary alicyclic amines) is 2. The Kier molecular flexibility index (Phi) is 6.54. The number of amides is 2. The van der Waals surface area contributed by atoms with Crippen molar-refractivity contribution in [2.45, 2.75) is 82.7 Å². The second-order valence-corrected chi connectivity index (χ2v) is 10.8. The summed E-state index contributed by atoms with van der Waals surface area (Å²) in [6, 6.07) is 2.64. The van der Waals surface area contributed by atoms with Crippen molar-refractivity contribution in [1.82, 2.24) is 15.1 Å². The number of nitrogens with one attached hydrogen (secondary N) is 1. The average Bonchev–Trinajstić information content (AvgIpc) is 3.28. The number of rotatable bonds is 4. The van der Waals surface area contributed by atoms with Crippen molar-refractivity contribution in [2.75, 3.05) is 26.7 Å². The van der Waals surface area contributed by atoms with Gasteiger partial charge in [0, 0.05) is 29.9 Å². The van der Waals surface area contributed by atoms with Crippen molar-refractivity contribution in [2.24, 2.45) is 5.92 Å². The summed E-state index contributed by atoms with van der Waals surface area (Å²) in [5, 5.41) is 4.88. The molecule has 6 heteroatoms. The maximum Gasteiger partial charge on any atom is 0.254 e. The maximum atomic E-state index is 13.3.